The quantitative estimate of drug-likeness (QED) is 0.597. The molecule has 0 saturated carbocycles. The lowest BCUT2D eigenvalue weighted by atomic mass is 10.3. The number of alkyl halides is 1. The highest BCUT2D eigenvalue weighted by molar-refractivity contribution is 4.71. The highest BCUT2D eigenvalue weighted by atomic mass is 19.1. The largest absolute Gasteiger partial charge is 0.388 e. The smallest absolute Gasteiger partial charge is 0.118 e. The number of hydrogen-bond acceptors (Lipinski definition) is 3. The van der Waals surface area contributed by atoms with Gasteiger partial charge in [0.15, 0.2) is 0 Å². The SMILES string of the molecule is OC(CF)CO[C@H]1CCNC1. The molecule has 66 valence electrons. The first-order valence-corrected chi connectivity index (χ1v) is 3.89. The fraction of sp³-hybridized carbons (Fsp3) is 1.00. The van der Waals surface area contributed by atoms with Gasteiger partial charge in [0.25, 0.3) is 0 Å². The van der Waals surface area contributed by atoms with Crippen molar-refractivity contribution in [2.45, 2.75) is 18.6 Å². The van der Waals surface area contributed by atoms with Gasteiger partial charge < -0.3 is 15.2 Å². The van der Waals surface area contributed by atoms with Crippen molar-refractivity contribution < 1.29 is 14.2 Å². The molecule has 2 N–H and O–H groups in total. The van der Waals surface area contributed by atoms with Crippen molar-refractivity contribution in [3.8, 4) is 0 Å². The number of hydrogen-bond donors (Lipinski definition) is 2. The van der Waals surface area contributed by atoms with Crippen LogP contribution in [0.25, 0.3) is 0 Å². The third-order valence-electron chi connectivity index (χ3n) is 1.72. The lowest BCUT2D eigenvalue weighted by molar-refractivity contribution is -0.00925. The van der Waals surface area contributed by atoms with Crippen molar-refractivity contribution in [1.82, 2.24) is 5.32 Å². The first-order chi connectivity index (χ1) is 5.33. The van der Waals surface area contributed by atoms with E-state index in [1.807, 2.05) is 0 Å². The molecular formula is C7H14FNO2. The van der Waals surface area contributed by atoms with E-state index in [1.165, 1.54) is 0 Å². The standard InChI is InChI=1S/C7H14FNO2/c8-3-6(10)5-11-7-1-2-9-4-7/h6-7,9-10H,1-5H2/t6?,7-/m0/s1. The van der Waals surface area contributed by atoms with Gasteiger partial charge in [-0.2, -0.15) is 0 Å². The second-order valence-electron chi connectivity index (χ2n) is 2.76. The Morgan fingerprint density at radius 3 is 3.09 bits per heavy atom. The molecule has 0 amide bonds. The Kier molecular flexibility index (Phi) is 3.76. The summed E-state index contributed by atoms with van der Waals surface area (Å²) >= 11 is 0. The Balaban J connectivity index is 2.01. The minimum Gasteiger partial charge on any atom is -0.388 e. The van der Waals surface area contributed by atoms with E-state index in [9.17, 15) is 4.39 Å². The molecule has 2 atom stereocenters. The molecule has 4 heteroatoms. The molecule has 0 radical (unpaired) electrons. The summed E-state index contributed by atoms with van der Waals surface area (Å²) < 4.78 is 16.9. The molecule has 1 heterocycles. The van der Waals surface area contributed by atoms with Crippen LogP contribution in [0.15, 0.2) is 0 Å². The van der Waals surface area contributed by atoms with Gasteiger partial charge in [0.2, 0.25) is 0 Å². The summed E-state index contributed by atoms with van der Waals surface area (Å²) in [5, 5.41) is 11.9. The molecule has 0 bridgehead atoms. The first kappa shape index (κ1) is 8.90. The van der Waals surface area contributed by atoms with Crippen LogP contribution in [-0.4, -0.2) is 43.7 Å². The van der Waals surface area contributed by atoms with Gasteiger partial charge in [-0.1, -0.05) is 0 Å². The van der Waals surface area contributed by atoms with Crippen LogP contribution in [0.4, 0.5) is 4.39 Å². The van der Waals surface area contributed by atoms with Crippen LogP contribution in [0.1, 0.15) is 6.42 Å². The van der Waals surface area contributed by atoms with Crippen LogP contribution in [0.2, 0.25) is 0 Å². The summed E-state index contributed by atoms with van der Waals surface area (Å²) in [6.45, 7) is 1.17. The fourth-order valence-corrected chi connectivity index (χ4v) is 1.06. The lowest BCUT2D eigenvalue weighted by Crippen LogP contribution is -2.24. The molecule has 0 aromatic rings. The maximum Gasteiger partial charge on any atom is 0.118 e. The molecule has 0 aromatic heterocycles. The maximum atomic E-state index is 11.7. The molecule has 0 spiro atoms. The van der Waals surface area contributed by atoms with Gasteiger partial charge in [-0.3, -0.25) is 0 Å². The van der Waals surface area contributed by atoms with Gasteiger partial charge in [0, 0.05) is 6.54 Å². The van der Waals surface area contributed by atoms with E-state index in [0.717, 1.165) is 19.5 Å². The molecule has 0 aliphatic carbocycles. The molecule has 1 saturated heterocycles. The van der Waals surface area contributed by atoms with E-state index in [-0.39, 0.29) is 12.7 Å². The summed E-state index contributed by atoms with van der Waals surface area (Å²) in [6, 6.07) is 0. The van der Waals surface area contributed by atoms with Crippen LogP contribution in [0.5, 0.6) is 0 Å². The summed E-state index contributed by atoms with van der Waals surface area (Å²) in [5.41, 5.74) is 0. The van der Waals surface area contributed by atoms with Crippen molar-refractivity contribution in [2.75, 3.05) is 26.4 Å². The van der Waals surface area contributed by atoms with Crippen LogP contribution in [0, 0.1) is 0 Å². The number of aliphatic hydroxyl groups is 1. The van der Waals surface area contributed by atoms with E-state index in [2.05, 4.69) is 5.32 Å². The summed E-state index contributed by atoms with van der Waals surface area (Å²) in [7, 11) is 0. The summed E-state index contributed by atoms with van der Waals surface area (Å²) in [4.78, 5) is 0. The van der Waals surface area contributed by atoms with Gasteiger partial charge in [0.05, 0.1) is 12.7 Å². The van der Waals surface area contributed by atoms with Crippen molar-refractivity contribution >= 4 is 0 Å². The highest BCUT2D eigenvalue weighted by Crippen LogP contribution is 2.03. The van der Waals surface area contributed by atoms with Crippen molar-refractivity contribution in [2.24, 2.45) is 0 Å². The second-order valence-corrected chi connectivity index (χ2v) is 2.76. The van der Waals surface area contributed by atoms with E-state index >= 15 is 0 Å². The Labute approximate surface area is 65.5 Å². The molecular weight excluding hydrogens is 149 g/mol. The maximum absolute atomic E-state index is 11.7. The zero-order chi connectivity index (χ0) is 8.10. The zero-order valence-electron chi connectivity index (χ0n) is 6.42. The number of rotatable bonds is 4. The normalized spacial score (nSPS) is 27.3. The summed E-state index contributed by atoms with van der Waals surface area (Å²) in [5.74, 6) is 0. The fourth-order valence-electron chi connectivity index (χ4n) is 1.06. The van der Waals surface area contributed by atoms with Crippen molar-refractivity contribution in [3.63, 3.8) is 0 Å². The Morgan fingerprint density at radius 1 is 1.73 bits per heavy atom. The topological polar surface area (TPSA) is 41.5 Å². The predicted octanol–water partition coefficient (Wildman–Crippen LogP) is -0.305. The van der Waals surface area contributed by atoms with Crippen LogP contribution in [-0.2, 0) is 4.74 Å². The molecule has 11 heavy (non-hydrogen) atoms. The third kappa shape index (κ3) is 3.14. The minimum absolute atomic E-state index is 0.114. The molecule has 1 aliphatic rings. The molecule has 1 rings (SSSR count). The lowest BCUT2D eigenvalue weighted by Gasteiger charge is -2.12. The van der Waals surface area contributed by atoms with Crippen LogP contribution < -0.4 is 5.32 Å². The Bertz CT molecular complexity index is 107. The van der Waals surface area contributed by atoms with Gasteiger partial charge in [0.1, 0.15) is 12.8 Å². The van der Waals surface area contributed by atoms with Crippen LogP contribution in [0.3, 0.4) is 0 Å². The van der Waals surface area contributed by atoms with Gasteiger partial charge in [-0.25, -0.2) is 4.39 Å². The van der Waals surface area contributed by atoms with Gasteiger partial charge in [-0.05, 0) is 13.0 Å². The zero-order valence-corrected chi connectivity index (χ0v) is 6.42. The summed E-state index contributed by atoms with van der Waals surface area (Å²) in [6.07, 6.45) is 0.172. The average molecular weight is 163 g/mol. The first-order valence-electron chi connectivity index (χ1n) is 3.89. The molecule has 1 unspecified atom stereocenters. The van der Waals surface area contributed by atoms with Gasteiger partial charge in [-0.15, -0.1) is 0 Å². The van der Waals surface area contributed by atoms with E-state index < -0.39 is 12.8 Å². The number of ether oxygens (including phenoxy) is 1. The average Bonchev–Trinajstić information content (AvgIpc) is 2.52. The number of nitrogens with one attached hydrogen (secondary N) is 1. The van der Waals surface area contributed by atoms with E-state index in [4.69, 9.17) is 9.84 Å². The third-order valence-corrected chi connectivity index (χ3v) is 1.72. The number of halogens is 1. The highest BCUT2D eigenvalue weighted by Gasteiger charge is 2.15. The van der Waals surface area contributed by atoms with E-state index in [0.29, 0.717) is 0 Å². The van der Waals surface area contributed by atoms with Crippen molar-refractivity contribution in [3.05, 3.63) is 0 Å². The molecule has 3 nitrogen and oxygen atoms in total. The van der Waals surface area contributed by atoms with Crippen LogP contribution >= 0.6 is 0 Å². The molecule has 1 fully saturated rings. The second kappa shape index (κ2) is 4.64. The predicted molar refractivity (Wildman–Crippen MR) is 39.2 cm³/mol. The monoisotopic (exact) mass is 163 g/mol. The molecule has 1 aliphatic heterocycles. The Morgan fingerprint density at radius 2 is 2.55 bits per heavy atom. The minimum atomic E-state index is -0.949. The number of aliphatic hydroxyl groups excluding tert-OH is 1. The van der Waals surface area contributed by atoms with Gasteiger partial charge >= 0.3 is 0 Å². The van der Waals surface area contributed by atoms with Crippen molar-refractivity contribution in [1.29, 1.82) is 0 Å². The van der Waals surface area contributed by atoms with E-state index in [1.54, 1.807) is 0 Å². The molecule has 0 aromatic carbocycles. The Hall–Kier alpha value is -0.190.